The molecule has 2 aromatic rings. The summed E-state index contributed by atoms with van der Waals surface area (Å²) in [6.45, 7) is 5.08. The van der Waals surface area contributed by atoms with Gasteiger partial charge in [0.05, 0.1) is 5.69 Å². The van der Waals surface area contributed by atoms with Crippen LogP contribution in [0.2, 0.25) is 0 Å². The zero-order valence-electron chi connectivity index (χ0n) is 10.00. The number of benzene rings is 1. The maximum atomic E-state index is 4.31. The lowest BCUT2D eigenvalue weighted by atomic mass is 10.1. The molecular weight excluding hydrogens is 278 g/mol. The van der Waals surface area contributed by atoms with Crippen LogP contribution in [0.3, 0.4) is 0 Å². The minimum absolute atomic E-state index is 0.481. The minimum atomic E-state index is 0.481. The molecule has 0 aliphatic heterocycles. The van der Waals surface area contributed by atoms with E-state index in [-0.39, 0.29) is 0 Å². The van der Waals surface area contributed by atoms with Crippen molar-refractivity contribution in [3.8, 4) is 11.3 Å². The van der Waals surface area contributed by atoms with Gasteiger partial charge in [-0.1, -0.05) is 41.9 Å². The Morgan fingerprint density at radius 2 is 2.00 bits per heavy atom. The average Bonchev–Trinajstić information content (AvgIpc) is 2.76. The Balaban J connectivity index is 2.10. The Labute approximate surface area is 110 Å². The van der Waals surface area contributed by atoms with E-state index in [4.69, 9.17) is 0 Å². The largest absolute Gasteiger partial charge is 0.309 e. The van der Waals surface area contributed by atoms with Gasteiger partial charge >= 0.3 is 0 Å². The highest BCUT2D eigenvalue weighted by molar-refractivity contribution is 9.10. The van der Waals surface area contributed by atoms with E-state index < -0.39 is 0 Å². The highest BCUT2D eigenvalue weighted by Crippen LogP contribution is 2.20. The third kappa shape index (κ3) is 3.41. The summed E-state index contributed by atoms with van der Waals surface area (Å²) in [5.74, 6) is 0. The molecule has 17 heavy (non-hydrogen) atoms. The first-order chi connectivity index (χ1) is 8.15. The predicted octanol–water partition coefficient (Wildman–Crippen LogP) is 3.34. The maximum Gasteiger partial charge on any atom is 0.0924 e. The number of nitrogens with one attached hydrogen (secondary N) is 2. The summed E-state index contributed by atoms with van der Waals surface area (Å²) < 4.78 is 1.08. The number of rotatable bonds is 4. The van der Waals surface area contributed by atoms with E-state index in [0.29, 0.717) is 6.04 Å². The number of aromatic amines is 1. The lowest BCUT2D eigenvalue weighted by Crippen LogP contribution is -2.21. The molecule has 1 aromatic carbocycles. The molecule has 0 aliphatic rings. The van der Waals surface area contributed by atoms with Crippen LogP contribution in [0.5, 0.6) is 0 Å². The molecule has 1 aromatic heterocycles. The standard InChI is InChI=1S/C13H16BrN3/c1-9(2)15-8-12-7-13(17-16-12)10-3-5-11(14)6-4-10/h3-7,9,15H,8H2,1-2H3,(H,16,17). The van der Waals surface area contributed by atoms with Crippen molar-refractivity contribution in [2.24, 2.45) is 0 Å². The second-order valence-electron chi connectivity index (χ2n) is 4.32. The lowest BCUT2D eigenvalue weighted by molar-refractivity contribution is 0.580. The van der Waals surface area contributed by atoms with Crippen molar-refractivity contribution in [2.45, 2.75) is 26.4 Å². The normalized spacial score (nSPS) is 11.1. The van der Waals surface area contributed by atoms with Gasteiger partial charge < -0.3 is 5.32 Å². The second-order valence-corrected chi connectivity index (χ2v) is 5.24. The maximum absolute atomic E-state index is 4.31. The Kier molecular flexibility index (Phi) is 3.97. The van der Waals surface area contributed by atoms with Crippen LogP contribution >= 0.6 is 15.9 Å². The third-order valence-electron chi connectivity index (χ3n) is 2.47. The minimum Gasteiger partial charge on any atom is -0.309 e. The second kappa shape index (κ2) is 5.47. The summed E-state index contributed by atoms with van der Waals surface area (Å²) in [6, 6.07) is 10.7. The first-order valence-electron chi connectivity index (χ1n) is 5.69. The van der Waals surface area contributed by atoms with Crippen LogP contribution in [-0.4, -0.2) is 16.2 Å². The van der Waals surface area contributed by atoms with Crippen LogP contribution in [-0.2, 0) is 6.54 Å². The molecule has 0 aliphatic carbocycles. The number of nitrogens with zero attached hydrogens (tertiary/aromatic N) is 1. The van der Waals surface area contributed by atoms with Crippen molar-refractivity contribution >= 4 is 15.9 Å². The van der Waals surface area contributed by atoms with Gasteiger partial charge in [-0.15, -0.1) is 0 Å². The van der Waals surface area contributed by atoms with Crippen LogP contribution in [0, 0.1) is 0 Å². The molecule has 90 valence electrons. The topological polar surface area (TPSA) is 40.7 Å². The van der Waals surface area contributed by atoms with Gasteiger partial charge in [0.25, 0.3) is 0 Å². The molecule has 3 nitrogen and oxygen atoms in total. The van der Waals surface area contributed by atoms with Gasteiger partial charge in [0.15, 0.2) is 0 Å². The van der Waals surface area contributed by atoms with E-state index in [1.165, 1.54) is 0 Å². The molecule has 0 amide bonds. The number of H-pyrrole nitrogens is 1. The van der Waals surface area contributed by atoms with Crippen molar-refractivity contribution in [2.75, 3.05) is 0 Å². The summed E-state index contributed by atoms with van der Waals surface area (Å²) >= 11 is 3.43. The fraction of sp³-hybridized carbons (Fsp3) is 0.308. The summed E-state index contributed by atoms with van der Waals surface area (Å²) in [4.78, 5) is 0. The monoisotopic (exact) mass is 293 g/mol. The summed E-state index contributed by atoms with van der Waals surface area (Å²) in [6.07, 6.45) is 0. The molecule has 4 heteroatoms. The molecule has 2 N–H and O–H groups in total. The Bertz CT molecular complexity index is 474. The molecule has 0 radical (unpaired) electrons. The first kappa shape index (κ1) is 12.3. The number of hydrogen-bond acceptors (Lipinski definition) is 2. The van der Waals surface area contributed by atoms with Crippen LogP contribution in [0.25, 0.3) is 11.3 Å². The fourth-order valence-corrected chi connectivity index (χ4v) is 1.80. The van der Waals surface area contributed by atoms with Crippen molar-refractivity contribution in [3.05, 3.63) is 40.5 Å². The van der Waals surface area contributed by atoms with Gasteiger partial charge in [-0.2, -0.15) is 5.10 Å². The van der Waals surface area contributed by atoms with E-state index in [1.807, 2.05) is 12.1 Å². The van der Waals surface area contributed by atoms with Crippen molar-refractivity contribution < 1.29 is 0 Å². The molecule has 0 unspecified atom stereocenters. The van der Waals surface area contributed by atoms with Gasteiger partial charge in [-0.3, -0.25) is 5.10 Å². The van der Waals surface area contributed by atoms with Crippen LogP contribution in [0.4, 0.5) is 0 Å². The first-order valence-corrected chi connectivity index (χ1v) is 6.48. The predicted molar refractivity (Wildman–Crippen MR) is 73.7 cm³/mol. The Hall–Kier alpha value is -1.13. The smallest absolute Gasteiger partial charge is 0.0924 e. The van der Waals surface area contributed by atoms with Gasteiger partial charge in [0.1, 0.15) is 0 Å². The fourth-order valence-electron chi connectivity index (χ4n) is 1.53. The van der Waals surface area contributed by atoms with E-state index in [9.17, 15) is 0 Å². The molecule has 0 spiro atoms. The highest BCUT2D eigenvalue weighted by atomic mass is 79.9. The number of aromatic nitrogens is 2. The van der Waals surface area contributed by atoms with E-state index in [0.717, 1.165) is 28.0 Å². The van der Waals surface area contributed by atoms with Crippen molar-refractivity contribution in [3.63, 3.8) is 0 Å². The molecular formula is C13H16BrN3. The Morgan fingerprint density at radius 3 is 2.65 bits per heavy atom. The van der Waals surface area contributed by atoms with Crippen LogP contribution in [0.15, 0.2) is 34.8 Å². The molecule has 0 fully saturated rings. The summed E-state index contributed by atoms with van der Waals surface area (Å²) in [5, 5.41) is 10.7. The van der Waals surface area contributed by atoms with E-state index >= 15 is 0 Å². The third-order valence-corrected chi connectivity index (χ3v) is 3.00. The summed E-state index contributed by atoms with van der Waals surface area (Å²) in [7, 11) is 0. The van der Waals surface area contributed by atoms with Gasteiger partial charge in [-0.25, -0.2) is 0 Å². The molecule has 0 atom stereocenters. The molecule has 0 bridgehead atoms. The van der Waals surface area contributed by atoms with Crippen LogP contribution < -0.4 is 5.32 Å². The van der Waals surface area contributed by atoms with Gasteiger partial charge in [0, 0.05) is 28.3 Å². The van der Waals surface area contributed by atoms with Gasteiger partial charge in [-0.05, 0) is 18.2 Å². The van der Waals surface area contributed by atoms with E-state index in [2.05, 4.69) is 63.5 Å². The zero-order valence-corrected chi connectivity index (χ0v) is 11.6. The Morgan fingerprint density at radius 1 is 1.29 bits per heavy atom. The molecule has 1 heterocycles. The SMILES string of the molecule is CC(C)NCc1cc(-c2ccc(Br)cc2)n[nH]1. The average molecular weight is 294 g/mol. The molecule has 2 rings (SSSR count). The van der Waals surface area contributed by atoms with Crippen molar-refractivity contribution in [1.29, 1.82) is 0 Å². The van der Waals surface area contributed by atoms with Crippen LogP contribution in [0.1, 0.15) is 19.5 Å². The number of hydrogen-bond donors (Lipinski definition) is 2. The highest BCUT2D eigenvalue weighted by Gasteiger charge is 2.04. The summed E-state index contributed by atoms with van der Waals surface area (Å²) in [5.41, 5.74) is 3.22. The lowest BCUT2D eigenvalue weighted by Gasteiger charge is -2.04. The van der Waals surface area contributed by atoms with E-state index in [1.54, 1.807) is 0 Å². The van der Waals surface area contributed by atoms with Gasteiger partial charge in [0.2, 0.25) is 0 Å². The molecule has 0 saturated carbocycles. The quantitative estimate of drug-likeness (QED) is 0.908. The van der Waals surface area contributed by atoms with Crippen molar-refractivity contribution in [1.82, 2.24) is 15.5 Å². The zero-order chi connectivity index (χ0) is 12.3. The number of halogens is 1. The molecule has 0 saturated heterocycles.